The molecule has 1 N–H and O–H groups in total. The predicted molar refractivity (Wildman–Crippen MR) is 79.1 cm³/mol. The van der Waals surface area contributed by atoms with Gasteiger partial charge in [0.15, 0.2) is 0 Å². The van der Waals surface area contributed by atoms with E-state index in [1.54, 1.807) is 0 Å². The molecule has 0 aliphatic heterocycles. The van der Waals surface area contributed by atoms with E-state index in [0.29, 0.717) is 12.0 Å². The largest absolute Gasteiger partial charge is 0.357 e. The number of anilines is 1. The lowest BCUT2D eigenvalue weighted by molar-refractivity contribution is 0.593. The molecule has 0 bridgehead atoms. The molecule has 0 spiro atoms. The third-order valence-corrected chi connectivity index (χ3v) is 3.07. The van der Waals surface area contributed by atoms with Crippen molar-refractivity contribution in [1.29, 1.82) is 0 Å². The molecule has 1 rings (SSSR count). The Hall–Kier alpha value is -1.09. The van der Waals surface area contributed by atoms with E-state index in [1.165, 1.54) is 5.56 Å². The SMILES string of the molecule is CCNC(C)c1ccnc(N(CC)CC(C)C)c1. The second-order valence-electron chi connectivity index (χ2n) is 5.16. The van der Waals surface area contributed by atoms with Crippen molar-refractivity contribution >= 4 is 5.82 Å². The number of rotatable bonds is 7. The van der Waals surface area contributed by atoms with E-state index in [9.17, 15) is 0 Å². The molecule has 1 unspecified atom stereocenters. The summed E-state index contributed by atoms with van der Waals surface area (Å²) in [4.78, 5) is 6.84. The monoisotopic (exact) mass is 249 g/mol. The molecule has 0 aliphatic carbocycles. The molecule has 1 atom stereocenters. The zero-order valence-electron chi connectivity index (χ0n) is 12.4. The lowest BCUT2D eigenvalue weighted by Crippen LogP contribution is -2.28. The Kier molecular flexibility index (Phi) is 6.13. The van der Waals surface area contributed by atoms with Crippen molar-refractivity contribution in [1.82, 2.24) is 10.3 Å². The van der Waals surface area contributed by atoms with Crippen LogP contribution in [-0.2, 0) is 0 Å². The number of nitrogens with zero attached hydrogens (tertiary/aromatic N) is 2. The molecular weight excluding hydrogens is 222 g/mol. The molecule has 0 aliphatic rings. The Morgan fingerprint density at radius 2 is 2.00 bits per heavy atom. The summed E-state index contributed by atoms with van der Waals surface area (Å²) in [5, 5.41) is 3.44. The van der Waals surface area contributed by atoms with Gasteiger partial charge < -0.3 is 10.2 Å². The highest BCUT2D eigenvalue weighted by Crippen LogP contribution is 2.18. The number of hydrogen-bond acceptors (Lipinski definition) is 3. The normalized spacial score (nSPS) is 12.8. The fraction of sp³-hybridized carbons (Fsp3) is 0.667. The van der Waals surface area contributed by atoms with Crippen LogP contribution in [0, 0.1) is 5.92 Å². The average molecular weight is 249 g/mol. The van der Waals surface area contributed by atoms with Gasteiger partial charge in [0.05, 0.1) is 0 Å². The number of nitrogens with one attached hydrogen (secondary N) is 1. The second kappa shape index (κ2) is 7.37. The van der Waals surface area contributed by atoms with Crippen LogP contribution in [0.25, 0.3) is 0 Å². The van der Waals surface area contributed by atoms with E-state index >= 15 is 0 Å². The van der Waals surface area contributed by atoms with Crippen LogP contribution in [0.4, 0.5) is 5.82 Å². The van der Waals surface area contributed by atoms with E-state index in [0.717, 1.165) is 25.5 Å². The van der Waals surface area contributed by atoms with E-state index in [-0.39, 0.29) is 0 Å². The minimum Gasteiger partial charge on any atom is -0.357 e. The summed E-state index contributed by atoms with van der Waals surface area (Å²) in [5.41, 5.74) is 1.31. The predicted octanol–water partition coefficient (Wildman–Crippen LogP) is 3.23. The molecule has 3 heteroatoms. The van der Waals surface area contributed by atoms with Crippen LogP contribution in [0.5, 0.6) is 0 Å². The molecule has 0 aromatic carbocycles. The van der Waals surface area contributed by atoms with Gasteiger partial charge in [0, 0.05) is 25.3 Å². The topological polar surface area (TPSA) is 28.2 Å². The van der Waals surface area contributed by atoms with Gasteiger partial charge in [0.1, 0.15) is 5.82 Å². The van der Waals surface area contributed by atoms with Crippen LogP contribution in [0.3, 0.4) is 0 Å². The minimum absolute atomic E-state index is 0.384. The third kappa shape index (κ3) is 4.30. The van der Waals surface area contributed by atoms with E-state index in [2.05, 4.69) is 62.0 Å². The fourth-order valence-electron chi connectivity index (χ4n) is 2.13. The maximum Gasteiger partial charge on any atom is 0.128 e. The van der Waals surface area contributed by atoms with Gasteiger partial charge in [-0.25, -0.2) is 4.98 Å². The van der Waals surface area contributed by atoms with Gasteiger partial charge in [-0.05, 0) is 44.0 Å². The lowest BCUT2D eigenvalue weighted by Gasteiger charge is -2.25. The molecule has 1 aromatic heterocycles. The van der Waals surface area contributed by atoms with E-state index < -0.39 is 0 Å². The molecule has 1 aromatic rings. The van der Waals surface area contributed by atoms with Gasteiger partial charge >= 0.3 is 0 Å². The molecule has 0 saturated carbocycles. The van der Waals surface area contributed by atoms with Gasteiger partial charge in [-0.3, -0.25) is 0 Å². The first-order valence-corrected chi connectivity index (χ1v) is 7.02. The summed E-state index contributed by atoms with van der Waals surface area (Å²) in [7, 11) is 0. The highest BCUT2D eigenvalue weighted by molar-refractivity contribution is 5.41. The molecular formula is C15H27N3. The number of hydrogen-bond donors (Lipinski definition) is 1. The highest BCUT2D eigenvalue weighted by atomic mass is 15.2. The highest BCUT2D eigenvalue weighted by Gasteiger charge is 2.10. The number of pyridine rings is 1. The Morgan fingerprint density at radius 3 is 2.56 bits per heavy atom. The summed E-state index contributed by atoms with van der Waals surface area (Å²) in [6.45, 7) is 14.1. The maximum absolute atomic E-state index is 4.50. The minimum atomic E-state index is 0.384. The lowest BCUT2D eigenvalue weighted by atomic mass is 10.1. The van der Waals surface area contributed by atoms with Crippen LogP contribution in [0.1, 0.15) is 46.2 Å². The molecule has 0 saturated heterocycles. The second-order valence-corrected chi connectivity index (χ2v) is 5.16. The quantitative estimate of drug-likeness (QED) is 0.804. The zero-order valence-corrected chi connectivity index (χ0v) is 12.4. The summed E-state index contributed by atoms with van der Waals surface area (Å²) in [6, 6.07) is 4.69. The maximum atomic E-state index is 4.50. The van der Waals surface area contributed by atoms with Crippen LogP contribution >= 0.6 is 0 Å². The molecule has 1 heterocycles. The van der Waals surface area contributed by atoms with Gasteiger partial charge in [0.2, 0.25) is 0 Å². The third-order valence-electron chi connectivity index (χ3n) is 3.07. The van der Waals surface area contributed by atoms with Crippen molar-refractivity contribution in [2.45, 2.75) is 40.7 Å². The molecule has 0 amide bonds. The van der Waals surface area contributed by atoms with E-state index in [4.69, 9.17) is 0 Å². The fourth-order valence-corrected chi connectivity index (χ4v) is 2.13. The molecule has 18 heavy (non-hydrogen) atoms. The smallest absolute Gasteiger partial charge is 0.128 e. The molecule has 3 nitrogen and oxygen atoms in total. The Bertz CT molecular complexity index is 349. The van der Waals surface area contributed by atoms with Crippen molar-refractivity contribution in [3.8, 4) is 0 Å². The Balaban J connectivity index is 2.85. The van der Waals surface area contributed by atoms with Gasteiger partial charge in [0.25, 0.3) is 0 Å². The number of aromatic nitrogens is 1. The van der Waals surface area contributed by atoms with Crippen LogP contribution < -0.4 is 10.2 Å². The summed E-state index contributed by atoms with van der Waals surface area (Å²) in [5.74, 6) is 1.75. The van der Waals surface area contributed by atoms with Crippen LogP contribution in [0.15, 0.2) is 18.3 Å². The molecule has 0 radical (unpaired) electrons. The Labute approximate surface area is 112 Å². The van der Waals surface area contributed by atoms with E-state index in [1.807, 2.05) is 6.20 Å². The Morgan fingerprint density at radius 1 is 1.28 bits per heavy atom. The summed E-state index contributed by atoms with van der Waals surface area (Å²) in [6.07, 6.45) is 1.92. The van der Waals surface area contributed by atoms with Gasteiger partial charge in [-0.15, -0.1) is 0 Å². The molecule has 0 fully saturated rings. The average Bonchev–Trinajstić information content (AvgIpc) is 2.36. The summed E-state index contributed by atoms with van der Waals surface area (Å²) >= 11 is 0. The van der Waals surface area contributed by atoms with Crippen molar-refractivity contribution in [2.24, 2.45) is 5.92 Å². The van der Waals surface area contributed by atoms with Gasteiger partial charge in [-0.2, -0.15) is 0 Å². The van der Waals surface area contributed by atoms with Crippen LogP contribution in [0.2, 0.25) is 0 Å². The van der Waals surface area contributed by atoms with Crippen LogP contribution in [-0.4, -0.2) is 24.6 Å². The van der Waals surface area contributed by atoms with Crippen molar-refractivity contribution < 1.29 is 0 Å². The van der Waals surface area contributed by atoms with Crippen molar-refractivity contribution in [3.05, 3.63) is 23.9 Å². The first-order valence-electron chi connectivity index (χ1n) is 7.02. The van der Waals surface area contributed by atoms with Gasteiger partial charge in [-0.1, -0.05) is 20.8 Å². The standard InChI is InChI=1S/C15H27N3/c1-6-16-13(5)14-8-9-17-15(10-14)18(7-2)11-12(3)4/h8-10,12-13,16H,6-7,11H2,1-5H3. The summed E-state index contributed by atoms with van der Waals surface area (Å²) < 4.78 is 0. The van der Waals surface area contributed by atoms with Crippen molar-refractivity contribution in [3.63, 3.8) is 0 Å². The first-order chi connectivity index (χ1) is 8.58. The first kappa shape index (κ1) is 15.0. The zero-order chi connectivity index (χ0) is 13.5. The van der Waals surface area contributed by atoms with Crippen molar-refractivity contribution in [2.75, 3.05) is 24.5 Å². The molecule has 102 valence electrons.